The van der Waals surface area contributed by atoms with Gasteiger partial charge < -0.3 is 5.73 Å². The molecule has 2 unspecified atom stereocenters. The minimum Gasteiger partial charge on any atom is -0.383 e. The Hall–Kier alpha value is -1.09. The molecule has 1 aliphatic rings. The number of nitrogen functional groups attached to an aromatic ring is 1. The molecule has 1 fully saturated rings. The second kappa shape index (κ2) is 4.83. The number of pyridine rings is 1. The third kappa shape index (κ3) is 2.35. The lowest BCUT2D eigenvalue weighted by Crippen LogP contribution is -2.41. The van der Waals surface area contributed by atoms with Gasteiger partial charge in [-0.15, -0.1) is 0 Å². The molecule has 1 aliphatic heterocycles. The van der Waals surface area contributed by atoms with Crippen LogP contribution in [0.4, 0.5) is 5.82 Å². The van der Waals surface area contributed by atoms with E-state index in [1.165, 1.54) is 19.4 Å². The second-order valence-electron chi connectivity index (χ2n) is 4.88. The van der Waals surface area contributed by atoms with E-state index in [-0.39, 0.29) is 0 Å². The molecule has 0 bridgehead atoms. The number of rotatable bonds is 2. The Bertz CT molecular complexity index is 351. The highest BCUT2D eigenvalue weighted by Gasteiger charge is 2.24. The molecule has 0 spiro atoms. The molecule has 2 atom stereocenters. The van der Waals surface area contributed by atoms with Gasteiger partial charge in [-0.05, 0) is 38.3 Å². The number of nitrogens with zero attached hydrogens (tertiary/aromatic N) is 2. The molecule has 0 aliphatic carbocycles. The second-order valence-corrected chi connectivity index (χ2v) is 4.88. The van der Waals surface area contributed by atoms with Crippen molar-refractivity contribution in [3.05, 3.63) is 23.9 Å². The molecule has 2 N–H and O–H groups in total. The molecule has 3 nitrogen and oxygen atoms in total. The van der Waals surface area contributed by atoms with Gasteiger partial charge in [-0.2, -0.15) is 0 Å². The van der Waals surface area contributed by atoms with Crippen LogP contribution in [0.1, 0.15) is 32.3 Å². The fourth-order valence-corrected chi connectivity index (χ4v) is 2.45. The summed E-state index contributed by atoms with van der Waals surface area (Å²) in [5.74, 6) is 1.46. The van der Waals surface area contributed by atoms with Gasteiger partial charge in [-0.1, -0.05) is 13.0 Å². The summed E-state index contributed by atoms with van der Waals surface area (Å²) in [5, 5.41) is 0. The summed E-state index contributed by atoms with van der Waals surface area (Å²) in [7, 11) is 0. The largest absolute Gasteiger partial charge is 0.383 e. The van der Waals surface area contributed by atoms with Crippen LogP contribution in [0.25, 0.3) is 0 Å². The van der Waals surface area contributed by atoms with Crippen LogP contribution in [0, 0.1) is 5.92 Å². The van der Waals surface area contributed by atoms with Crippen LogP contribution in [-0.4, -0.2) is 22.5 Å². The predicted octanol–water partition coefficient (Wildman–Crippen LogP) is 2.28. The number of aromatic nitrogens is 1. The van der Waals surface area contributed by atoms with E-state index in [2.05, 4.69) is 29.8 Å². The zero-order valence-corrected chi connectivity index (χ0v) is 10.2. The third-order valence-electron chi connectivity index (χ3n) is 3.80. The van der Waals surface area contributed by atoms with Gasteiger partial charge in [0.2, 0.25) is 0 Å². The number of piperidine rings is 1. The standard InChI is InChI=1S/C13H21N3/c1-10-5-4-8-16(11(10)2)9-12-6-3-7-15-13(12)14/h3,6-7,10-11H,4-5,8-9H2,1-2H3,(H2,14,15). The normalized spacial score (nSPS) is 26.9. The van der Waals surface area contributed by atoms with E-state index < -0.39 is 0 Å². The summed E-state index contributed by atoms with van der Waals surface area (Å²) in [4.78, 5) is 6.66. The molecule has 1 saturated heterocycles. The van der Waals surface area contributed by atoms with Gasteiger partial charge in [0, 0.05) is 24.3 Å². The van der Waals surface area contributed by atoms with Crippen molar-refractivity contribution in [2.75, 3.05) is 12.3 Å². The Balaban J connectivity index is 2.06. The van der Waals surface area contributed by atoms with Crippen molar-refractivity contribution in [1.29, 1.82) is 0 Å². The van der Waals surface area contributed by atoms with E-state index in [4.69, 9.17) is 5.73 Å². The molecule has 2 heterocycles. The maximum Gasteiger partial charge on any atom is 0.127 e. The van der Waals surface area contributed by atoms with Crippen molar-refractivity contribution in [1.82, 2.24) is 9.88 Å². The smallest absolute Gasteiger partial charge is 0.127 e. The first-order valence-corrected chi connectivity index (χ1v) is 6.12. The Morgan fingerprint density at radius 3 is 3.06 bits per heavy atom. The van der Waals surface area contributed by atoms with E-state index in [0.717, 1.165) is 18.0 Å². The molecule has 1 aromatic rings. The van der Waals surface area contributed by atoms with E-state index in [1.54, 1.807) is 6.20 Å². The Morgan fingerprint density at radius 2 is 2.31 bits per heavy atom. The summed E-state index contributed by atoms with van der Waals surface area (Å²) in [6, 6.07) is 4.69. The third-order valence-corrected chi connectivity index (χ3v) is 3.80. The molecular weight excluding hydrogens is 198 g/mol. The van der Waals surface area contributed by atoms with Crippen molar-refractivity contribution in [3.63, 3.8) is 0 Å². The molecule has 88 valence electrons. The van der Waals surface area contributed by atoms with Gasteiger partial charge in [0.1, 0.15) is 5.82 Å². The quantitative estimate of drug-likeness (QED) is 0.829. The molecular formula is C13H21N3. The SMILES string of the molecule is CC1CCCN(Cc2cccnc2N)C1C. The van der Waals surface area contributed by atoms with Crippen LogP contribution in [0.15, 0.2) is 18.3 Å². The summed E-state index contributed by atoms with van der Waals surface area (Å²) in [6.45, 7) is 6.77. The van der Waals surface area contributed by atoms with Gasteiger partial charge in [0.25, 0.3) is 0 Å². The van der Waals surface area contributed by atoms with E-state index in [1.807, 2.05) is 6.07 Å². The van der Waals surface area contributed by atoms with Crippen molar-refractivity contribution < 1.29 is 0 Å². The monoisotopic (exact) mass is 219 g/mol. The van der Waals surface area contributed by atoms with Crippen LogP contribution in [0.5, 0.6) is 0 Å². The topological polar surface area (TPSA) is 42.2 Å². The van der Waals surface area contributed by atoms with E-state index in [0.29, 0.717) is 11.9 Å². The van der Waals surface area contributed by atoms with E-state index >= 15 is 0 Å². The maximum absolute atomic E-state index is 5.88. The number of hydrogen-bond donors (Lipinski definition) is 1. The molecule has 1 aromatic heterocycles. The average molecular weight is 219 g/mol. The molecule has 2 rings (SSSR count). The number of hydrogen-bond acceptors (Lipinski definition) is 3. The highest BCUT2D eigenvalue weighted by Crippen LogP contribution is 2.25. The van der Waals surface area contributed by atoms with Crippen LogP contribution in [0.2, 0.25) is 0 Å². The number of anilines is 1. The summed E-state index contributed by atoms with van der Waals surface area (Å²) < 4.78 is 0. The Kier molecular flexibility index (Phi) is 3.44. The zero-order chi connectivity index (χ0) is 11.5. The van der Waals surface area contributed by atoms with Crippen molar-refractivity contribution in [2.45, 2.75) is 39.3 Å². The van der Waals surface area contributed by atoms with Crippen LogP contribution in [0.3, 0.4) is 0 Å². The van der Waals surface area contributed by atoms with E-state index in [9.17, 15) is 0 Å². The van der Waals surface area contributed by atoms with Crippen molar-refractivity contribution in [2.24, 2.45) is 5.92 Å². The number of nitrogens with two attached hydrogens (primary N) is 1. The lowest BCUT2D eigenvalue weighted by molar-refractivity contribution is 0.107. The van der Waals surface area contributed by atoms with Crippen LogP contribution >= 0.6 is 0 Å². The lowest BCUT2D eigenvalue weighted by Gasteiger charge is -2.38. The summed E-state index contributed by atoms with van der Waals surface area (Å²) >= 11 is 0. The number of likely N-dealkylation sites (tertiary alicyclic amines) is 1. The molecule has 16 heavy (non-hydrogen) atoms. The first kappa shape index (κ1) is 11.4. The first-order chi connectivity index (χ1) is 7.68. The summed E-state index contributed by atoms with van der Waals surface area (Å²) in [5.41, 5.74) is 7.04. The highest BCUT2D eigenvalue weighted by molar-refractivity contribution is 5.38. The molecule has 0 radical (unpaired) electrons. The highest BCUT2D eigenvalue weighted by atomic mass is 15.2. The fraction of sp³-hybridized carbons (Fsp3) is 0.615. The lowest BCUT2D eigenvalue weighted by atomic mass is 9.92. The average Bonchev–Trinajstić information content (AvgIpc) is 2.28. The minimum atomic E-state index is 0.647. The van der Waals surface area contributed by atoms with Crippen molar-refractivity contribution in [3.8, 4) is 0 Å². The Morgan fingerprint density at radius 1 is 1.50 bits per heavy atom. The van der Waals surface area contributed by atoms with Crippen LogP contribution in [-0.2, 0) is 6.54 Å². The van der Waals surface area contributed by atoms with Gasteiger partial charge in [-0.25, -0.2) is 4.98 Å². The van der Waals surface area contributed by atoms with Gasteiger partial charge >= 0.3 is 0 Å². The van der Waals surface area contributed by atoms with Crippen LogP contribution < -0.4 is 5.73 Å². The zero-order valence-electron chi connectivity index (χ0n) is 10.2. The molecule has 0 saturated carbocycles. The maximum atomic E-state index is 5.88. The summed E-state index contributed by atoms with van der Waals surface area (Å²) in [6.07, 6.45) is 4.40. The predicted molar refractivity (Wildman–Crippen MR) is 66.9 cm³/mol. The van der Waals surface area contributed by atoms with Gasteiger partial charge in [-0.3, -0.25) is 4.90 Å². The molecule has 0 amide bonds. The van der Waals surface area contributed by atoms with Gasteiger partial charge in [0.05, 0.1) is 0 Å². The Labute approximate surface area is 97.7 Å². The molecule has 0 aromatic carbocycles. The minimum absolute atomic E-state index is 0.647. The molecule has 3 heteroatoms. The first-order valence-electron chi connectivity index (χ1n) is 6.12. The van der Waals surface area contributed by atoms with Gasteiger partial charge in [0.15, 0.2) is 0 Å². The van der Waals surface area contributed by atoms with Crippen molar-refractivity contribution >= 4 is 5.82 Å². The fourth-order valence-electron chi connectivity index (χ4n) is 2.45.